The Morgan fingerprint density at radius 3 is 1.56 bits per heavy atom. The van der Waals surface area contributed by atoms with Crippen LogP contribution in [-0.2, 0) is 9.59 Å². The van der Waals surface area contributed by atoms with E-state index in [0.717, 1.165) is 0 Å². The molecule has 1 aliphatic rings. The Balaban J connectivity index is 2.58. The second-order valence-electron chi connectivity index (χ2n) is 6.22. The first-order valence-corrected chi connectivity index (χ1v) is 8.82. The van der Waals surface area contributed by atoms with Crippen LogP contribution in [0.4, 0.5) is 0 Å². The zero-order valence-corrected chi connectivity index (χ0v) is 15.2. The Morgan fingerprint density at radius 2 is 1.26 bits per heavy atom. The standard InChI is InChI=1S/C19H22O8/c1-3-12(18(22)23)26-14-8-9-15(27-13(4-2)19(24)25)17-11(21)7-5-6-10(20)16(14)17/h8-9,12-13H,3-7H2,1-2H3,(H,22,23)(H,24,25). The van der Waals surface area contributed by atoms with Gasteiger partial charge >= 0.3 is 11.9 Å². The number of carbonyl (C=O) groups excluding carboxylic acids is 2. The molecule has 2 rings (SSSR count). The Kier molecular flexibility index (Phi) is 6.55. The SMILES string of the molecule is CCC(Oc1ccc(OC(CC)C(=O)O)c2c1C(=O)CCCC2=O)C(=O)O. The maximum Gasteiger partial charge on any atom is 0.344 e. The van der Waals surface area contributed by atoms with Crippen LogP contribution in [0, 0.1) is 0 Å². The highest BCUT2D eigenvalue weighted by molar-refractivity contribution is 6.13. The van der Waals surface area contributed by atoms with E-state index in [0.29, 0.717) is 6.42 Å². The molecular formula is C19H22O8. The average Bonchev–Trinajstić information content (AvgIpc) is 2.77. The topological polar surface area (TPSA) is 127 Å². The molecule has 2 N–H and O–H groups in total. The molecule has 0 saturated heterocycles. The van der Waals surface area contributed by atoms with Crippen molar-refractivity contribution in [2.75, 3.05) is 0 Å². The van der Waals surface area contributed by atoms with Crippen LogP contribution in [0.15, 0.2) is 12.1 Å². The lowest BCUT2D eigenvalue weighted by molar-refractivity contribution is -0.146. The predicted molar refractivity (Wildman–Crippen MR) is 93.6 cm³/mol. The van der Waals surface area contributed by atoms with Crippen LogP contribution in [0.5, 0.6) is 11.5 Å². The molecule has 1 aliphatic carbocycles. The number of fused-ring (bicyclic) bond motifs is 1. The lowest BCUT2D eigenvalue weighted by Gasteiger charge is -2.21. The van der Waals surface area contributed by atoms with E-state index < -0.39 is 24.1 Å². The number of carboxylic acids is 2. The molecule has 0 bridgehead atoms. The maximum absolute atomic E-state index is 12.6. The van der Waals surface area contributed by atoms with Gasteiger partial charge in [0.25, 0.3) is 0 Å². The summed E-state index contributed by atoms with van der Waals surface area (Å²) in [5, 5.41) is 18.4. The number of benzene rings is 1. The van der Waals surface area contributed by atoms with Gasteiger partial charge in [0.05, 0.1) is 11.1 Å². The molecule has 0 fully saturated rings. The quantitative estimate of drug-likeness (QED) is 0.661. The summed E-state index contributed by atoms with van der Waals surface area (Å²) < 4.78 is 11.0. The lowest BCUT2D eigenvalue weighted by atomic mass is 9.98. The third-order valence-corrected chi connectivity index (χ3v) is 4.33. The Hall–Kier alpha value is -2.90. The molecule has 2 unspecified atom stereocenters. The van der Waals surface area contributed by atoms with Gasteiger partial charge in [-0.15, -0.1) is 0 Å². The van der Waals surface area contributed by atoms with Gasteiger partial charge in [-0.1, -0.05) is 13.8 Å². The third kappa shape index (κ3) is 4.45. The minimum Gasteiger partial charge on any atom is -0.479 e. The number of ketones is 2. The van der Waals surface area contributed by atoms with Crippen LogP contribution >= 0.6 is 0 Å². The van der Waals surface area contributed by atoms with Crippen molar-refractivity contribution in [1.29, 1.82) is 0 Å². The number of rotatable bonds is 8. The van der Waals surface area contributed by atoms with Gasteiger partial charge in [0.15, 0.2) is 23.8 Å². The zero-order chi connectivity index (χ0) is 20.1. The van der Waals surface area contributed by atoms with Crippen molar-refractivity contribution in [3.63, 3.8) is 0 Å². The monoisotopic (exact) mass is 378 g/mol. The molecule has 0 radical (unpaired) electrons. The maximum atomic E-state index is 12.6. The Morgan fingerprint density at radius 1 is 0.889 bits per heavy atom. The summed E-state index contributed by atoms with van der Waals surface area (Å²) in [4.78, 5) is 47.8. The summed E-state index contributed by atoms with van der Waals surface area (Å²) in [5.41, 5.74) is -0.0649. The molecule has 146 valence electrons. The molecule has 2 atom stereocenters. The molecular weight excluding hydrogens is 356 g/mol. The van der Waals surface area contributed by atoms with E-state index in [1.165, 1.54) is 12.1 Å². The van der Waals surface area contributed by atoms with Crippen molar-refractivity contribution in [1.82, 2.24) is 0 Å². The van der Waals surface area contributed by atoms with Crippen molar-refractivity contribution in [2.45, 2.75) is 58.2 Å². The lowest BCUT2D eigenvalue weighted by Crippen LogP contribution is -2.28. The Bertz CT molecular complexity index is 704. The predicted octanol–water partition coefficient (Wildman–Crippen LogP) is 2.72. The number of ether oxygens (including phenoxy) is 2. The summed E-state index contributed by atoms with van der Waals surface area (Å²) in [6, 6.07) is 2.70. The summed E-state index contributed by atoms with van der Waals surface area (Å²) in [6.07, 6.45) is -1.44. The van der Waals surface area contributed by atoms with Gasteiger partial charge in [-0.05, 0) is 31.4 Å². The van der Waals surface area contributed by atoms with E-state index >= 15 is 0 Å². The number of hydrogen-bond acceptors (Lipinski definition) is 6. The highest BCUT2D eigenvalue weighted by atomic mass is 16.5. The minimum absolute atomic E-state index is 0.00442. The molecule has 1 aromatic rings. The van der Waals surface area contributed by atoms with E-state index in [1.54, 1.807) is 13.8 Å². The molecule has 0 saturated carbocycles. The van der Waals surface area contributed by atoms with E-state index in [9.17, 15) is 29.4 Å². The van der Waals surface area contributed by atoms with Gasteiger partial charge in [-0.25, -0.2) is 9.59 Å². The normalized spacial score (nSPS) is 16.1. The van der Waals surface area contributed by atoms with Gasteiger partial charge in [-0.2, -0.15) is 0 Å². The van der Waals surface area contributed by atoms with Gasteiger partial charge in [0.1, 0.15) is 11.5 Å². The van der Waals surface area contributed by atoms with Crippen molar-refractivity contribution < 1.29 is 38.9 Å². The largest absolute Gasteiger partial charge is 0.479 e. The fourth-order valence-electron chi connectivity index (χ4n) is 2.90. The van der Waals surface area contributed by atoms with E-state index in [2.05, 4.69) is 0 Å². The average molecular weight is 378 g/mol. The van der Waals surface area contributed by atoms with Crippen LogP contribution in [0.1, 0.15) is 66.7 Å². The summed E-state index contributed by atoms with van der Waals surface area (Å²) in [6.45, 7) is 3.25. The molecule has 0 spiro atoms. The van der Waals surface area contributed by atoms with Crippen LogP contribution < -0.4 is 9.47 Å². The second-order valence-corrected chi connectivity index (χ2v) is 6.22. The number of Topliss-reactive ketones (excluding diaryl/α,β-unsaturated/α-hetero) is 2. The van der Waals surface area contributed by atoms with Crippen LogP contribution in [-0.4, -0.2) is 45.9 Å². The third-order valence-electron chi connectivity index (χ3n) is 4.33. The molecule has 1 aromatic carbocycles. The van der Waals surface area contributed by atoms with Crippen LogP contribution in [0.3, 0.4) is 0 Å². The summed E-state index contributed by atoms with van der Waals surface area (Å²) in [7, 11) is 0. The molecule has 8 heteroatoms. The molecule has 0 heterocycles. The molecule has 0 aromatic heterocycles. The van der Waals surface area contributed by atoms with Crippen molar-refractivity contribution in [2.24, 2.45) is 0 Å². The highest BCUT2D eigenvalue weighted by Crippen LogP contribution is 2.36. The molecule has 8 nitrogen and oxygen atoms in total. The number of carbonyl (C=O) groups is 4. The molecule has 0 amide bonds. The summed E-state index contributed by atoms with van der Waals surface area (Å²) >= 11 is 0. The van der Waals surface area contributed by atoms with Crippen molar-refractivity contribution in [3.8, 4) is 11.5 Å². The molecule has 0 aliphatic heterocycles. The number of aliphatic carboxylic acids is 2. The van der Waals surface area contributed by atoms with Gasteiger partial charge in [0, 0.05) is 12.8 Å². The van der Waals surface area contributed by atoms with Crippen LogP contribution in [0.2, 0.25) is 0 Å². The van der Waals surface area contributed by atoms with E-state index in [4.69, 9.17) is 9.47 Å². The smallest absolute Gasteiger partial charge is 0.344 e. The van der Waals surface area contributed by atoms with Gasteiger partial charge in [0.2, 0.25) is 0 Å². The zero-order valence-electron chi connectivity index (χ0n) is 15.2. The van der Waals surface area contributed by atoms with Crippen molar-refractivity contribution in [3.05, 3.63) is 23.3 Å². The number of hydrogen-bond donors (Lipinski definition) is 2. The van der Waals surface area contributed by atoms with E-state index in [-0.39, 0.29) is 59.9 Å². The fraction of sp³-hybridized carbons (Fsp3) is 0.474. The Labute approximate surface area is 156 Å². The highest BCUT2D eigenvalue weighted by Gasteiger charge is 2.32. The van der Waals surface area contributed by atoms with Gasteiger partial charge < -0.3 is 19.7 Å². The van der Waals surface area contributed by atoms with Crippen LogP contribution in [0.25, 0.3) is 0 Å². The first-order valence-electron chi connectivity index (χ1n) is 8.82. The fourth-order valence-corrected chi connectivity index (χ4v) is 2.90. The van der Waals surface area contributed by atoms with Gasteiger partial charge in [-0.3, -0.25) is 9.59 Å². The van der Waals surface area contributed by atoms with Crippen molar-refractivity contribution >= 4 is 23.5 Å². The first kappa shape index (κ1) is 20.4. The van der Waals surface area contributed by atoms with E-state index in [1.807, 2.05) is 0 Å². The summed E-state index contributed by atoms with van der Waals surface area (Å²) in [5.74, 6) is -3.10. The first-order chi connectivity index (χ1) is 12.8. The minimum atomic E-state index is -1.18. The number of carboxylic acid groups (broad SMARTS) is 2. The second kappa shape index (κ2) is 8.66. The molecule has 27 heavy (non-hydrogen) atoms.